The summed E-state index contributed by atoms with van der Waals surface area (Å²) < 4.78 is 5.34. The van der Waals surface area contributed by atoms with E-state index in [2.05, 4.69) is 29.1 Å². The zero-order valence-corrected chi connectivity index (χ0v) is 16.7. The normalized spacial score (nSPS) is 26.0. The fraction of sp³-hybridized carbons (Fsp3) is 0.750. The van der Waals surface area contributed by atoms with Crippen molar-refractivity contribution in [2.24, 2.45) is 11.8 Å². The number of rotatable bonds is 5. The molecule has 7 nitrogen and oxygen atoms in total. The number of aromatic amines is 1. The summed E-state index contributed by atoms with van der Waals surface area (Å²) in [6, 6.07) is 0.252. The second-order valence-corrected chi connectivity index (χ2v) is 7.99. The van der Waals surface area contributed by atoms with E-state index >= 15 is 0 Å². The molecule has 1 amide bonds. The lowest BCUT2D eigenvalue weighted by Gasteiger charge is -2.34. The number of amides is 1. The van der Waals surface area contributed by atoms with Crippen LogP contribution < -0.4 is 15.8 Å². The second-order valence-electron chi connectivity index (χ2n) is 7.99. The number of anilines is 1. The van der Waals surface area contributed by atoms with E-state index in [9.17, 15) is 9.59 Å². The molecule has 1 saturated carbocycles. The van der Waals surface area contributed by atoms with E-state index in [1.54, 1.807) is 0 Å². The van der Waals surface area contributed by atoms with Crippen molar-refractivity contribution < 1.29 is 9.53 Å². The number of ether oxygens (including phenoxy) is 1. The molecule has 0 radical (unpaired) electrons. The molecule has 1 aromatic heterocycles. The summed E-state index contributed by atoms with van der Waals surface area (Å²) >= 11 is 0. The first-order chi connectivity index (χ1) is 13.0. The molecule has 0 aromatic carbocycles. The van der Waals surface area contributed by atoms with Crippen LogP contribution in [0.1, 0.15) is 50.8 Å². The topological polar surface area (TPSA) is 87.3 Å². The van der Waals surface area contributed by atoms with Crippen molar-refractivity contribution in [2.75, 3.05) is 31.2 Å². The Morgan fingerprint density at radius 1 is 1.30 bits per heavy atom. The molecule has 150 valence electrons. The Morgan fingerprint density at radius 3 is 2.74 bits per heavy atom. The number of hydrogen-bond acceptors (Lipinski definition) is 5. The Bertz CT molecular complexity index is 712. The van der Waals surface area contributed by atoms with Gasteiger partial charge in [0.15, 0.2) is 0 Å². The highest BCUT2D eigenvalue weighted by Crippen LogP contribution is 2.29. The molecule has 1 aliphatic heterocycles. The Hall–Kier alpha value is -1.89. The predicted octanol–water partition coefficient (Wildman–Crippen LogP) is 1.79. The molecule has 7 heteroatoms. The molecule has 0 bridgehead atoms. The number of carbonyl (C=O) groups excluding carboxylic acids is 1. The van der Waals surface area contributed by atoms with Gasteiger partial charge in [0.2, 0.25) is 11.9 Å². The average Bonchev–Trinajstić information content (AvgIpc) is 2.65. The number of hydrogen-bond donors (Lipinski definition) is 2. The quantitative estimate of drug-likeness (QED) is 0.818. The summed E-state index contributed by atoms with van der Waals surface area (Å²) in [6.07, 6.45) is 4.19. The number of morpholine rings is 1. The lowest BCUT2D eigenvalue weighted by atomic mass is 9.78. The number of H-pyrrole nitrogens is 1. The summed E-state index contributed by atoms with van der Waals surface area (Å²) in [6.45, 7) is 9.05. The van der Waals surface area contributed by atoms with Crippen molar-refractivity contribution in [3.8, 4) is 0 Å². The van der Waals surface area contributed by atoms with Gasteiger partial charge in [-0.05, 0) is 31.6 Å². The molecule has 2 fully saturated rings. The van der Waals surface area contributed by atoms with Gasteiger partial charge in [-0.3, -0.25) is 14.6 Å². The van der Waals surface area contributed by atoms with Gasteiger partial charge < -0.3 is 15.0 Å². The lowest BCUT2D eigenvalue weighted by Crippen LogP contribution is -2.43. The van der Waals surface area contributed by atoms with E-state index in [1.165, 1.54) is 12.8 Å². The molecule has 2 aliphatic rings. The maximum atomic E-state index is 12.5. The third kappa shape index (κ3) is 4.89. The number of nitrogens with zero attached hydrogens (tertiary/aromatic N) is 2. The third-order valence-electron chi connectivity index (χ3n) is 6.18. The van der Waals surface area contributed by atoms with Gasteiger partial charge in [-0.15, -0.1) is 0 Å². The zero-order chi connectivity index (χ0) is 19.4. The maximum Gasteiger partial charge on any atom is 0.255 e. The molecule has 3 atom stereocenters. The first-order valence-electron chi connectivity index (χ1n) is 10.2. The van der Waals surface area contributed by atoms with Crippen molar-refractivity contribution in [3.63, 3.8) is 0 Å². The van der Waals surface area contributed by atoms with Crippen LogP contribution in [0.25, 0.3) is 0 Å². The van der Waals surface area contributed by atoms with Gasteiger partial charge in [-0.25, -0.2) is 4.98 Å². The van der Waals surface area contributed by atoms with Gasteiger partial charge >= 0.3 is 0 Å². The first-order valence-corrected chi connectivity index (χ1v) is 10.2. The number of nitrogens with one attached hydrogen (secondary N) is 2. The van der Waals surface area contributed by atoms with E-state index < -0.39 is 0 Å². The molecule has 1 aliphatic carbocycles. The Kier molecular flexibility index (Phi) is 6.52. The van der Waals surface area contributed by atoms with E-state index in [-0.39, 0.29) is 17.5 Å². The van der Waals surface area contributed by atoms with Gasteiger partial charge in [-0.1, -0.05) is 26.7 Å². The minimum absolute atomic E-state index is 0.0250. The van der Waals surface area contributed by atoms with Gasteiger partial charge in [-0.2, -0.15) is 0 Å². The fourth-order valence-corrected chi connectivity index (χ4v) is 4.12. The van der Waals surface area contributed by atoms with Crippen LogP contribution in [-0.4, -0.2) is 48.2 Å². The molecular formula is C20H32N4O3. The van der Waals surface area contributed by atoms with Crippen molar-refractivity contribution in [3.05, 3.63) is 21.6 Å². The lowest BCUT2D eigenvalue weighted by molar-refractivity contribution is -0.122. The van der Waals surface area contributed by atoms with E-state index in [0.29, 0.717) is 55.1 Å². The molecular weight excluding hydrogens is 344 g/mol. The zero-order valence-electron chi connectivity index (χ0n) is 16.7. The number of aryl methyl sites for hydroxylation is 1. The molecule has 27 heavy (non-hydrogen) atoms. The van der Waals surface area contributed by atoms with Crippen LogP contribution in [0.5, 0.6) is 0 Å². The Balaban J connectivity index is 1.58. The molecule has 1 saturated heterocycles. The molecule has 3 rings (SSSR count). The molecule has 0 spiro atoms. The SMILES string of the molecule is Cc1nc(N2CCOCC2)[nH]c(=O)c1CCC(=O)N[C@@H]1CCC[C@H](C)[C@H]1C. The third-order valence-corrected chi connectivity index (χ3v) is 6.18. The standard InChI is InChI=1S/C20H32N4O3/c1-13-5-4-6-17(14(13)2)22-18(25)8-7-16-15(3)21-20(23-19(16)26)24-9-11-27-12-10-24/h13-14,17H,4-12H2,1-3H3,(H,22,25)(H,21,23,26)/t13-,14+,17+/m0/s1. The first kappa shape index (κ1) is 19.9. The Morgan fingerprint density at radius 2 is 2.04 bits per heavy atom. The predicted molar refractivity (Wildman–Crippen MR) is 105 cm³/mol. The Labute approximate surface area is 160 Å². The fourth-order valence-electron chi connectivity index (χ4n) is 4.12. The minimum Gasteiger partial charge on any atom is -0.378 e. The summed E-state index contributed by atoms with van der Waals surface area (Å²) in [5.74, 6) is 1.77. The molecule has 0 unspecified atom stereocenters. The van der Waals surface area contributed by atoms with Crippen LogP contribution in [-0.2, 0) is 16.0 Å². The van der Waals surface area contributed by atoms with Crippen molar-refractivity contribution >= 4 is 11.9 Å². The minimum atomic E-state index is -0.142. The van der Waals surface area contributed by atoms with Crippen LogP contribution in [0.4, 0.5) is 5.95 Å². The highest BCUT2D eigenvalue weighted by atomic mass is 16.5. The molecule has 2 heterocycles. The molecule has 1 aromatic rings. The van der Waals surface area contributed by atoms with Gasteiger partial charge in [0.1, 0.15) is 0 Å². The number of carbonyl (C=O) groups is 1. The van der Waals surface area contributed by atoms with Gasteiger partial charge in [0, 0.05) is 36.8 Å². The van der Waals surface area contributed by atoms with E-state index in [4.69, 9.17) is 4.74 Å². The highest BCUT2D eigenvalue weighted by Gasteiger charge is 2.28. The van der Waals surface area contributed by atoms with Crippen LogP contribution in [0.2, 0.25) is 0 Å². The molecule has 2 N–H and O–H groups in total. The van der Waals surface area contributed by atoms with E-state index in [1.807, 2.05) is 11.8 Å². The smallest absolute Gasteiger partial charge is 0.255 e. The van der Waals surface area contributed by atoms with Crippen LogP contribution in [0, 0.1) is 18.8 Å². The van der Waals surface area contributed by atoms with Gasteiger partial charge in [0.05, 0.1) is 13.2 Å². The van der Waals surface area contributed by atoms with Crippen LogP contribution in [0.15, 0.2) is 4.79 Å². The van der Waals surface area contributed by atoms with Gasteiger partial charge in [0.25, 0.3) is 5.56 Å². The summed E-state index contributed by atoms with van der Waals surface area (Å²) in [4.78, 5) is 34.4. The largest absolute Gasteiger partial charge is 0.378 e. The summed E-state index contributed by atoms with van der Waals surface area (Å²) in [5, 5.41) is 3.18. The van der Waals surface area contributed by atoms with Crippen molar-refractivity contribution in [2.45, 2.75) is 58.9 Å². The highest BCUT2D eigenvalue weighted by molar-refractivity contribution is 5.76. The average molecular weight is 377 g/mol. The monoisotopic (exact) mass is 376 g/mol. The van der Waals surface area contributed by atoms with Crippen molar-refractivity contribution in [1.82, 2.24) is 15.3 Å². The second kappa shape index (κ2) is 8.87. The van der Waals surface area contributed by atoms with E-state index in [0.717, 1.165) is 19.5 Å². The summed E-state index contributed by atoms with van der Waals surface area (Å²) in [5.41, 5.74) is 1.16. The number of aromatic nitrogens is 2. The van der Waals surface area contributed by atoms with Crippen molar-refractivity contribution in [1.29, 1.82) is 0 Å². The maximum absolute atomic E-state index is 12.5. The van der Waals surface area contributed by atoms with Crippen LogP contribution >= 0.6 is 0 Å². The summed E-state index contributed by atoms with van der Waals surface area (Å²) in [7, 11) is 0. The van der Waals surface area contributed by atoms with Crippen LogP contribution in [0.3, 0.4) is 0 Å².